The molecule has 0 aliphatic carbocycles. The molecule has 7 heteroatoms. The standard InChI is InChI=1S/C20H26N2O4S/c1-23-17-7-3-6-16(18(17)24-2)19-21-15(13-27-19)12-22-8-4-5-14(11-22)20-25-9-10-26-20/h3,6-7,13-14,20H,4-5,8-12H2,1-2H3. The lowest BCUT2D eigenvalue weighted by atomic mass is 9.97. The van der Waals surface area contributed by atoms with Crippen molar-refractivity contribution in [2.45, 2.75) is 25.7 Å². The lowest BCUT2D eigenvalue weighted by Gasteiger charge is -2.34. The van der Waals surface area contributed by atoms with Crippen LogP contribution in [0.5, 0.6) is 11.5 Å². The molecule has 0 bridgehead atoms. The van der Waals surface area contributed by atoms with Crippen LogP contribution in [0.3, 0.4) is 0 Å². The number of thiazole rings is 1. The van der Waals surface area contributed by atoms with Crippen molar-refractivity contribution in [2.24, 2.45) is 5.92 Å². The second-order valence-corrected chi connectivity index (χ2v) is 7.79. The molecule has 0 amide bonds. The van der Waals surface area contributed by atoms with Crippen molar-refractivity contribution in [3.63, 3.8) is 0 Å². The Hall–Kier alpha value is -1.67. The van der Waals surface area contributed by atoms with Gasteiger partial charge in [-0.3, -0.25) is 4.90 Å². The van der Waals surface area contributed by atoms with Crippen LogP contribution in [0.4, 0.5) is 0 Å². The van der Waals surface area contributed by atoms with Crippen LogP contribution < -0.4 is 9.47 Å². The first-order valence-corrected chi connectivity index (χ1v) is 10.3. The molecule has 2 fully saturated rings. The van der Waals surface area contributed by atoms with E-state index >= 15 is 0 Å². The Morgan fingerprint density at radius 3 is 2.85 bits per heavy atom. The van der Waals surface area contributed by atoms with Crippen molar-refractivity contribution in [2.75, 3.05) is 40.5 Å². The highest BCUT2D eigenvalue weighted by Gasteiger charge is 2.31. The third-order valence-electron chi connectivity index (χ3n) is 5.15. The van der Waals surface area contributed by atoms with Crippen molar-refractivity contribution < 1.29 is 18.9 Å². The Bertz CT molecular complexity index is 760. The fourth-order valence-corrected chi connectivity index (χ4v) is 4.73. The molecule has 0 N–H and O–H groups in total. The molecule has 1 unspecified atom stereocenters. The molecule has 2 aromatic rings. The van der Waals surface area contributed by atoms with Gasteiger partial charge in [-0.2, -0.15) is 0 Å². The molecule has 1 aromatic carbocycles. The lowest BCUT2D eigenvalue weighted by molar-refractivity contribution is -0.101. The molecular formula is C20H26N2O4S. The number of benzene rings is 1. The zero-order valence-electron chi connectivity index (χ0n) is 15.8. The van der Waals surface area contributed by atoms with Crippen molar-refractivity contribution >= 4 is 11.3 Å². The minimum atomic E-state index is -0.0279. The summed E-state index contributed by atoms with van der Waals surface area (Å²) >= 11 is 1.64. The summed E-state index contributed by atoms with van der Waals surface area (Å²) in [6.45, 7) is 4.39. The maximum absolute atomic E-state index is 5.71. The van der Waals surface area contributed by atoms with Gasteiger partial charge in [-0.1, -0.05) is 6.07 Å². The van der Waals surface area contributed by atoms with E-state index in [1.165, 1.54) is 12.8 Å². The Morgan fingerprint density at radius 1 is 1.22 bits per heavy atom. The minimum absolute atomic E-state index is 0.0279. The fraction of sp³-hybridized carbons (Fsp3) is 0.550. The molecule has 6 nitrogen and oxygen atoms in total. The molecule has 27 heavy (non-hydrogen) atoms. The molecule has 1 aromatic heterocycles. The van der Waals surface area contributed by atoms with Crippen molar-refractivity contribution in [3.05, 3.63) is 29.3 Å². The maximum atomic E-state index is 5.71. The van der Waals surface area contributed by atoms with Crippen LogP contribution in [0.15, 0.2) is 23.6 Å². The van der Waals surface area contributed by atoms with Crippen LogP contribution in [0, 0.1) is 5.92 Å². The van der Waals surface area contributed by atoms with Gasteiger partial charge in [0.1, 0.15) is 5.01 Å². The van der Waals surface area contributed by atoms with E-state index in [9.17, 15) is 0 Å². The van der Waals surface area contributed by atoms with E-state index in [0.717, 1.165) is 60.6 Å². The molecule has 2 aliphatic heterocycles. The number of hydrogen-bond donors (Lipinski definition) is 0. The molecular weight excluding hydrogens is 364 g/mol. The predicted molar refractivity (Wildman–Crippen MR) is 104 cm³/mol. The first-order valence-electron chi connectivity index (χ1n) is 9.40. The zero-order chi connectivity index (χ0) is 18.6. The maximum Gasteiger partial charge on any atom is 0.170 e. The quantitative estimate of drug-likeness (QED) is 0.753. The molecule has 3 heterocycles. The van der Waals surface area contributed by atoms with Gasteiger partial charge in [-0.15, -0.1) is 11.3 Å². The van der Waals surface area contributed by atoms with Crippen LogP contribution in [0.1, 0.15) is 18.5 Å². The van der Waals surface area contributed by atoms with Crippen molar-refractivity contribution in [3.8, 4) is 22.1 Å². The summed E-state index contributed by atoms with van der Waals surface area (Å²) in [6, 6.07) is 5.89. The number of likely N-dealkylation sites (tertiary alicyclic amines) is 1. The Labute approximate surface area is 164 Å². The number of hydrogen-bond acceptors (Lipinski definition) is 7. The molecule has 1 atom stereocenters. The van der Waals surface area contributed by atoms with Crippen molar-refractivity contribution in [1.29, 1.82) is 0 Å². The zero-order valence-corrected chi connectivity index (χ0v) is 16.7. The fourth-order valence-electron chi connectivity index (χ4n) is 3.89. The monoisotopic (exact) mass is 390 g/mol. The number of para-hydroxylation sites is 1. The van der Waals surface area contributed by atoms with Crippen LogP contribution >= 0.6 is 11.3 Å². The average Bonchev–Trinajstić information content (AvgIpc) is 3.40. The number of piperidine rings is 1. The SMILES string of the molecule is COc1cccc(-c2nc(CN3CCCC(C4OCCO4)C3)cs2)c1OC. The smallest absolute Gasteiger partial charge is 0.170 e. The van der Waals surface area contributed by atoms with Crippen LogP contribution in [-0.2, 0) is 16.0 Å². The largest absolute Gasteiger partial charge is 0.493 e. The van der Waals surface area contributed by atoms with Gasteiger partial charge >= 0.3 is 0 Å². The number of methoxy groups -OCH3 is 2. The van der Waals surface area contributed by atoms with E-state index in [2.05, 4.69) is 10.3 Å². The Kier molecular flexibility index (Phi) is 5.92. The molecule has 0 spiro atoms. The lowest BCUT2D eigenvalue weighted by Crippen LogP contribution is -2.40. The molecule has 0 radical (unpaired) electrons. The first kappa shape index (κ1) is 18.7. The first-order chi connectivity index (χ1) is 13.3. The van der Waals surface area contributed by atoms with E-state index < -0.39 is 0 Å². The van der Waals surface area contributed by atoms with E-state index in [-0.39, 0.29) is 6.29 Å². The van der Waals surface area contributed by atoms with Crippen LogP contribution in [0.2, 0.25) is 0 Å². The second kappa shape index (κ2) is 8.56. The van der Waals surface area contributed by atoms with E-state index in [4.69, 9.17) is 23.9 Å². The number of aromatic nitrogens is 1. The normalized spacial score (nSPS) is 21.5. The Morgan fingerprint density at radius 2 is 2.07 bits per heavy atom. The highest BCUT2D eigenvalue weighted by atomic mass is 32.1. The van der Waals surface area contributed by atoms with Gasteiger partial charge in [0.05, 0.1) is 38.7 Å². The molecule has 146 valence electrons. The van der Waals surface area contributed by atoms with E-state index in [0.29, 0.717) is 5.92 Å². The molecule has 0 saturated carbocycles. The minimum Gasteiger partial charge on any atom is -0.493 e. The molecule has 4 rings (SSSR count). The third-order valence-corrected chi connectivity index (χ3v) is 6.07. The van der Waals surface area contributed by atoms with E-state index in [1.54, 1.807) is 25.6 Å². The highest BCUT2D eigenvalue weighted by molar-refractivity contribution is 7.13. The molecule has 2 saturated heterocycles. The van der Waals surface area contributed by atoms with Gasteiger partial charge in [0, 0.05) is 24.4 Å². The average molecular weight is 391 g/mol. The van der Waals surface area contributed by atoms with Gasteiger partial charge < -0.3 is 18.9 Å². The molecule has 2 aliphatic rings. The topological polar surface area (TPSA) is 53.1 Å². The summed E-state index contributed by atoms with van der Waals surface area (Å²) in [5.41, 5.74) is 2.06. The predicted octanol–water partition coefficient (Wildman–Crippen LogP) is 3.41. The van der Waals surface area contributed by atoms with Gasteiger partial charge in [0.2, 0.25) is 0 Å². The Balaban J connectivity index is 1.45. The summed E-state index contributed by atoms with van der Waals surface area (Å²) in [4.78, 5) is 7.32. The third kappa shape index (κ3) is 4.11. The van der Waals surface area contributed by atoms with E-state index in [1.807, 2.05) is 18.2 Å². The van der Waals surface area contributed by atoms with Gasteiger partial charge in [-0.25, -0.2) is 4.98 Å². The number of rotatable bonds is 6. The summed E-state index contributed by atoms with van der Waals surface area (Å²) < 4.78 is 22.4. The van der Waals surface area contributed by atoms with Gasteiger partial charge in [0.15, 0.2) is 17.8 Å². The van der Waals surface area contributed by atoms with Gasteiger partial charge in [-0.05, 0) is 31.5 Å². The summed E-state index contributed by atoms with van der Waals surface area (Å²) in [6.07, 6.45) is 2.32. The van der Waals surface area contributed by atoms with Crippen molar-refractivity contribution in [1.82, 2.24) is 9.88 Å². The van der Waals surface area contributed by atoms with Crippen LogP contribution in [0.25, 0.3) is 10.6 Å². The summed E-state index contributed by atoms with van der Waals surface area (Å²) in [5.74, 6) is 1.91. The van der Waals surface area contributed by atoms with Gasteiger partial charge in [0.25, 0.3) is 0 Å². The highest BCUT2D eigenvalue weighted by Crippen LogP contribution is 2.39. The van der Waals surface area contributed by atoms with Crippen LogP contribution in [-0.4, -0.2) is 56.7 Å². The number of ether oxygens (including phenoxy) is 4. The number of nitrogens with zero attached hydrogens (tertiary/aromatic N) is 2. The summed E-state index contributed by atoms with van der Waals surface area (Å²) in [7, 11) is 3.32. The summed E-state index contributed by atoms with van der Waals surface area (Å²) in [5, 5.41) is 3.09. The second-order valence-electron chi connectivity index (χ2n) is 6.93.